The molecule has 0 rings (SSSR count). The van der Waals surface area contributed by atoms with Crippen LogP contribution in [0.4, 0.5) is 0 Å². The van der Waals surface area contributed by atoms with Crippen molar-refractivity contribution >= 4 is 11.6 Å². The van der Waals surface area contributed by atoms with Crippen molar-refractivity contribution in [3.8, 4) is 0 Å². The molecule has 0 aromatic heterocycles. The van der Waals surface area contributed by atoms with Crippen LogP contribution in [0.5, 0.6) is 0 Å². The van der Waals surface area contributed by atoms with Crippen molar-refractivity contribution in [2.45, 2.75) is 72.9 Å². The molecule has 0 aliphatic rings. The van der Waals surface area contributed by atoms with Crippen LogP contribution in [0.3, 0.4) is 0 Å². The Morgan fingerprint density at radius 1 is 1.06 bits per heavy atom. The lowest BCUT2D eigenvalue weighted by Crippen LogP contribution is -2.50. The van der Waals surface area contributed by atoms with Gasteiger partial charge in [-0.05, 0) is 34.1 Å². The summed E-state index contributed by atoms with van der Waals surface area (Å²) in [6.45, 7) is 13.4. The fourth-order valence-corrected chi connectivity index (χ4v) is 1.66. The summed E-state index contributed by atoms with van der Waals surface area (Å²) in [5.41, 5.74) is -0.498. The zero-order chi connectivity index (χ0) is 13.9. The Morgan fingerprint density at radius 3 is 1.82 bits per heavy atom. The Balaban J connectivity index is 4.73. The van der Waals surface area contributed by atoms with Gasteiger partial charge in [0.2, 0.25) is 0 Å². The van der Waals surface area contributed by atoms with Gasteiger partial charge >= 0.3 is 0 Å². The molecule has 0 saturated carbocycles. The lowest BCUT2D eigenvalue weighted by Gasteiger charge is -2.31. The van der Waals surface area contributed by atoms with E-state index in [0.29, 0.717) is 12.8 Å². The molecule has 100 valence electrons. The van der Waals surface area contributed by atoms with Crippen LogP contribution in [0.15, 0.2) is 0 Å². The summed E-state index contributed by atoms with van der Waals surface area (Å²) >= 11 is 0. The van der Waals surface area contributed by atoms with Gasteiger partial charge in [-0.25, -0.2) is 0 Å². The first-order valence-corrected chi connectivity index (χ1v) is 6.25. The minimum absolute atomic E-state index is 0.123. The number of hydrogen-bond acceptors (Lipinski definition) is 3. The summed E-state index contributed by atoms with van der Waals surface area (Å²) in [7, 11) is 0. The van der Waals surface area contributed by atoms with Crippen molar-refractivity contribution in [1.82, 2.24) is 5.32 Å². The smallest absolute Gasteiger partial charge is 0.155 e. The second-order valence-electron chi connectivity index (χ2n) is 6.80. The topological polar surface area (TPSA) is 46.2 Å². The summed E-state index contributed by atoms with van der Waals surface area (Å²) < 4.78 is 0. The van der Waals surface area contributed by atoms with E-state index < -0.39 is 0 Å². The van der Waals surface area contributed by atoms with E-state index in [1.54, 1.807) is 6.92 Å². The highest BCUT2D eigenvalue weighted by Gasteiger charge is 2.31. The Morgan fingerprint density at radius 2 is 1.53 bits per heavy atom. The first-order valence-electron chi connectivity index (χ1n) is 6.25. The fraction of sp³-hybridized carbons (Fsp3) is 0.857. The van der Waals surface area contributed by atoms with Gasteiger partial charge in [0.05, 0.1) is 6.04 Å². The number of ketones is 2. The second-order valence-corrected chi connectivity index (χ2v) is 6.80. The van der Waals surface area contributed by atoms with Crippen molar-refractivity contribution in [1.29, 1.82) is 0 Å². The molecular weight excluding hydrogens is 214 g/mol. The standard InChI is InChI=1S/C14H27NO2/c1-10(16)8-9-11(15-14(5,6)7)12(17)13(2,3)4/h11,15H,8-9H2,1-7H3. The van der Waals surface area contributed by atoms with Gasteiger partial charge in [0, 0.05) is 17.4 Å². The van der Waals surface area contributed by atoms with Crippen molar-refractivity contribution in [2.24, 2.45) is 5.41 Å². The third-order valence-corrected chi connectivity index (χ3v) is 2.45. The van der Waals surface area contributed by atoms with Crippen LogP contribution in [0, 0.1) is 5.41 Å². The van der Waals surface area contributed by atoms with Crippen molar-refractivity contribution in [2.75, 3.05) is 0 Å². The quantitative estimate of drug-likeness (QED) is 0.805. The highest BCUT2D eigenvalue weighted by molar-refractivity contribution is 5.89. The van der Waals surface area contributed by atoms with Crippen molar-refractivity contribution < 1.29 is 9.59 Å². The number of rotatable bonds is 5. The number of Topliss-reactive ketones (excluding diaryl/α,β-unsaturated/α-hetero) is 2. The molecule has 0 bridgehead atoms. The lowest BCUT2D eigenvalue weighted by atomic mass is 9.84. The van der Waals surface area contributed by atoms with Crippen molar-refractivity contribution in [3.63, 3.8) is 0 Å². The van der Waals surface area contributed by atoms with E-state index >= 15 is 0 Å². The average molecular weight is 241 g/mol. The third kappa shape index (κ3) is 7.27. The van der Waals surface area contributed by atoms with Crippen LogP contribution >= 0.6 is 0 Å². The van der Waals surface area contributed by atoms with Gasteiger partial charge in [-0.3, -0.25) is 4.79 Å². The maximum absolute atomic E-state index is 12.3. The molecule has 0 heterocycles. The predicted octanol–water partition coefficient (Wildman–Crippen LogP) is 2.73. The van der Waals surface area contributed by atoms with E-state index in [9.17, 15) is 9.59 Å². The number of carbonyl (C=O) groups excluding carboxylic acids is 2. The Hall–Kier alpha value is -0.700. The molecule has 0 aliphatic heterocycles. The average Bonchev–Trinajstić information content (AvgIpc) is 2.07. The fourth-order valence-electron chi connectivity index (χ4n) is 1.66. The van der Waals surface area contributed by atoms with Gasteiger partial charge in [0.15, 0.2) is 5.78 Å². The second kappa shape index (κ2) is 5.76. The Kier molecular flexibility index (Phi) is 5.53. The van der Waals surface area contributed by atoms with Crippen LogP contribution in [0.1, 0.15) is 61.3 Å². The van der Waals surface area contributed by atoms with Crippen LogP contribution in [-0.4, -0.2) is 23.1 Å². The first-order chi connectivity index (χ1) is 7.43. The molecule has 17 heavy (non-hydrogen) atoms. The SMILES string of the molecule is CC(=O)CCC(NC(C)(C)C)C(=O)C(C)(C)C. The number of hydrogen-bond donors (Lipinski definition) is 1. The van der Waals surface area contributed by atoms with Crippen molar-refractivity contribution in [3.05, 3.63) is 0 Å². The molecule has 0 aromatic carbocycles. The molecule has 0 aromatic rings. The van der Waals surface area contributed by atoms with Gasteiger partial charge in [-0.15, -0.1) is 0 Å². The van der Waals surface area contributed by atoms with E-state index in [4.69, 9.17) is 0 Å². The third-order valence-electron chi connectivity index (χ3n) is 2.45. The molecular formula is C14H27NO2. The molecule has 3 heteroatoms. The van der Waals surface area contributed by atoms with E-state index in [-0.39, 0.29) is 28.6 Å². The summed E-state index contributed by atoms with van der Waals surface area (Å²) in [4.78, 5) is 23.3. The molecule has 1 N–H and O–H groups in total. The van der Waals surface area contributed by atoms with Crippen LogP contribution in [0.2, 0.25) is 0 Å². The molecule has 0 saturated heterocycles. The van der Waals surface area contributed by atoms with Gasteiger partial charge in [-0.1, -0.05) is 20.8 Å². The van der Waals surface area contributed by atoms with E-state index in [2.05, 4.69) is 5.32 Å². The summed E-state index contributed by atoms with van der Waals surface area (Å²) in [5, 5.41) is 3.32. The Labute approximate surface area is 105 Å². The first kappa shape index (κ1) is 16.3. The Bertz CT molecular complexity index is 282. The normalized spacial score (nSPS) is 14.5. The minimum Gasteiger partial charge on any atom is -0.303 e. The molecule has 0 spiro atoms. The number of nitrogens with one attached hydrogen (secondary N) is 1. The summed E-state index contributed by atoms with van der Waals surface area (Å²) in [5.74, 6) is 0.307. The minimum atomic E-state index is -0.375. The van der Waals surface area contributed by atoms with Crippen LogP contribution in [-0.2, 0) is 9.59 Å². The molecule has 0 amide bonds. The zero-order valence-electron chi connectivity index (χ0n) is 12.3. The highest BCUT2D eigenvalue weighted by atomic mass is 16.1. The molecule has 1 atom stereocenters. The highest BCUT2D eigenvalue weighted by Crippen LogP contribution is 2.20. The van der Waals surface area contributed by atoms with Gasteiger partial charge in [0.1, 0.15) is 5.78 Å². The molecule has 0 radical (unpaired) electrons. The summed E-state index contributed by atoms with van der Waals surface area (Å²) in [6, 6.07) is -0.237. The predicted molar refractivity (Wildman–Crippen MR) is 71.1 cm³/mol. The maximum Gasteiger partial charge on any atom is 0.155 e. The van der Waals surface area contributed by atoms with E-state index in [1.807, 2.05) is 41.5 Å². The van der Waals surface area contributed by atoms with Gasteiger partial charge < -0.3 is 10.1 Å². The van der Waals surface area contributed by atoms with E-state index in [1.165, 1.54) is 0 Å². The van der Waals surface area contributed by atoms with Crippen LogP contribution in [0.25, 0.3) is 0 Å². The van der Waals surface area contributed by atoms with Crippen LogP contribution < -0.4 is 5.32 Å². The molecule has 3 nitrogen and oxygen atoms in total. The van der Waals surface area contributed by atoms with Gasteiger partial charge in [0.25, 0.3) is 0 Å². The van der Waals surface area contributed by atoms with E-state index in [0.717, 1.165) is 0 Å². The van der Waals surface area contributed by atoms with Gasteiger partial charge in [-0.2, -0.15) is 0 Å². The molecule has 0 fully saturated rings. The largest absolute Gasteiger partial charge is 0.303 e. The molecule has 0 aliphatic carbocycles. The maximum atomic E-state index is 12.3. The summed E-state index contributed by atoms with van der Waals surface area (Å²) in [6.07, 6.45) is 1.04. The zero-order valence-corrected chi connectivity index (χ0v) is 12.3. The number of carbonyl (C=O) groups is 2. The molecule has 1 unspecified atom stereocenters. The lowest BCUT2D eigenvalue weighted by molar-refractivity contribution is -0.129. The monoisotopic (exact) mass is 241 g/mol.